The van der Waals surface area contributed by atoms with Crippen molar-refractivity contribution >= 4 is 5.97 Å². The number of carbonyl (C=O) groups is 1. The van der Waals surface area contributed by atoms with Gasteiger partial charge < -0.3 is 14.8 Å². The lowest BCUT2D eigenvalue weighted by molar-refractivity contribution is -0.143. The number of rotatable bonds is 8. The number of esters is 1. The van der Waals surface area contributed by atoms with Gasteiger partial charge in [0.05, 0.1) is 13.7 Å². The highest BCUT2D eigenvalue weighted by Crippen LogP contribution is 2.27. The maximum atomic E-state index is 13.8. The Balaban J connectivity index is 2.47. The smallest absolute Gasteiger partial charge is 0.305 e. The largest absolute Gasteiger partial charge is 0.496 e. The van der Waals surface area contributed by atoms with Gasteiger partial charge in [-0.1, -0.05) is 6.07 Å². The first-order valence-electron chi connectivity index (χ1n) is 6.81. The second kappa shape index (κ2) is 8.53. The van der Waals surface area contributed by atoms with E-state index in [1.165, 1.54) is 13.2 Å². The summed E-state index contributed by atoms with van der Waals surface area (Å²) in [7, 11) is 1.52. The van der Waals surface area contributed by atoms with Crippen LogP contribution in [-0.2, 0) is 9.53 Å². The van der Waals surface area contributed by atoms with Crippen LogP contribution in [0.2, 0.25) is 0 Å². The molecular formula is C15H22FNO3. The third-order valence-electron chi connectivity index (χ3n) is 2.98. The van der Waals surface area contributed by atoms with Crippen LogP contribution in [0.1, 0.15) is 38.3 Å². The number of carbonyl (C=O) groups excluding carboxylic acids is 1. The molecule has 0 saturated heterocycles. The number of hydrogen-bond donors (Lipinski definition) is 1. The summed E-state index contributed by atoms with van der Waals surface area (Å²) in [4.78, 5) is 11.2. The minimum absolute atomic E-state index is 0.187. The molecule has 0 aliphatic carbocycles. The lowest BCUT2D eigenvalue weighted by Crippen LogP contribution is -2.22. The topological polar surface area (TPSA) is 47.6 Å². The molecule has 0 radical (unpaired) electrons. The van der Waals surface area contributed by atoms with Crippen molar-refractivity contribution in [3.8, 4) is 5.75 Å². The molecule has 0 aliphatic rings. The summed E-state index contributed by atoms with van der Waals surface area (Å²) >= 11 is 0. The maximum Gasteiger partial charge on any atom is 0.305 e. The lowest BCUT2D eigenvalue weighted by atomic mass is 10.1. The predicted octanol–water partition coefficient (Wildman–Crippen LogP) is 2.83. The van der Waals surface area contributed by atoms with Gasteiger partial charge in [0.25, 0.3) is 0 Å². The number of hydrogen-bond acceptors (Lipinski definition) is 4. The van der Waals surface area contributed by atoms with Crippen LogP contribution in [0.25, 0.3) is 0 Å². The third kappa shape index (κ3) is 4.81. The van der Waals surface area contributed by atoms with E-state index in [-0.39, 0.29) is 17.8 Å². The molecule has 0 saturated carbocycles. The third-order valence-corrected chi connectivity index (χ3v) is 2.98. The van der Waals surface area contributed by atoms with Gasteiger partial charge in [0.15, 0.2) is 0 Å². The number of ether oxygens (including phenoxy) is 2. The van der Waals surface area contributed by atoms with E-state index in [4.69, 9.17) is 9.47 Å². The van der Waals surface area contributed by atoms with Crippen LogP contribution in [-0.4, -0.2) is 26.2 Å². The zero-order valence-corrected chi connectivity index (χ0v) is 12.2. The van der Waals surface area contributed by atoms with Gasteiger partial charge in [0.2, 0.25) is 0 Å². The molecule has 4 nitrogen and oxygen atoms in total. The van der Waals surface area contributed by atoms with Gasteiger partial charge in [-0.2, -0.15) is 0 Å². The molecule has 1 atom stereocenters. The first-order valence-corrected chi connectivity index (χ1v) is 6.81. The monoisotopic (exact) mass is 283 g/mol. The van der Waals surface area contributed by atoms with Crippen LogP contribution in [0.15, 0.2) is 18.2 Å². The molecule has 0 spiro atoms. The van der Waals surface area contributed by atoms with Crippen LogP contribution < -0.4 is 10.1 Å². The van der Waals surface area contributed by atoms with E-state index in [1.54, 1.807) is 19.1 Å². The summed E-state index contributed by atoms with van der Waals surface area (Å²) < 4.78 is 23.8. The Kier molecular flexibility index (Phi) is 7.01. The van der Waals surface area contributed by atoms with Crippen LogP contribution >= 0.6 is 0 Å². The average Bonchev–Trinajstić information content (AvgIpc) is 2.43. The van der Waals surface area contributed by atoms with E-state index in [9.17, 15) is 9.18 Å². The molecule has 112 valence electrons. The number of methoxy groups -OCH3 is 1. The Labute approximate surface area is 119 Å². The van der Waals surface area contributed by atoms with Crippen molar-refractivity contribution in [1.82, 2.24) is 5.32 Å². The van der Waals surface area contributed by atoms with Gasteiger partial charge in [-0.25, -0.2) is 4.39 Å². The normalized spacial score (nSPS) is 12.0. The molecule has 0 bridgehead atoms. The molecule has 0 aliphatic heterocycles. The van der Waals surface area contributed by atoms with Crippen LogP contribution in [0.5, 0.6) is 5.75 Å². The van der Waals surface area contributed by atoms with Gasteiger partial charge in [-0.05, 0) is 38.9 Å². The summed E-state index contributed by atoms with van der Waals surface area (Å²) in [5.41, 5.74) is 0.506. The Bertz CT molecular complexity index is 437. The van der Waals surface area contributed by atoms with Crippen LogP contribution in [0, 0.1) is 5.82 Å². The van der Waals surface area contributed by atoms with Crippen molar-refractivity contribution in [2.24, 2.45) is 0 Å². The molecule has 5 heteroatoms. The van der Waals surface area contributed by atoms with Crippen LogP contribution in [0.4, 0.5) is 4.39 Å². The predicted molar refractivity (Wildman–Crippen MR) is 75.2 cm³/mol. The van der Waals surface area contributed by atoms with Crippen molar-refractivity contribution in [2.45, 2.75) is 32.7 Å². The second-order valence-electron chi connectivity index (χ2n) is 4.44. The molecule has 1 N–H and O–H groups in total. The number of benzene rings is 1. The highest BCUT2D eigenvalue weighted by Gasteiger charge is 2.15. The molecule has 1 aromatic rings. The fourth-order valence-corrected chi connectivity index (χ4v) is 2.00. The fourth-order valence-electron chi connectivity index (χ4n) is 2.00. The van der Waals surface area contributed by atoms with Gasteiger partial charge >= 0.3 is 5.97 Å². The highest BCUT2D eigenvalue weighted by atomic mass is 19.1. The summed E-state index contributed by atoms with van der Waals surface area (Å²) in [6.07, 6.45) is 1.02. The van der Waals surface area contributed by atoms with Gasteiger partial charge in [-0.3, -0.25) is 4.79 Å². The maximum absolute atomic E-state index is 13.8. The Morgan fingerprint density at radius 3 is 2.85 bits per heavy atom. The van der Waals surface area contributed by atoms with Gasteiger partial charge in [-0.15, -0.1) is 0 Å². The second-order valence-corrected chi connectivity index (χ2v) is 4.44. The Morgan fingerprint density at radius 2 is 2.20 bits per heavy atom. The quantitative estimate of drug-likeness (QED) is 0.588. The van der Waals surface area contributed by atoms with Crippen LogP contribution in [0.3, 0.4) is 0 Å². The summed E-state index contributed by atoms with van der Waals surface area (Å²) in [5, 5.41) is 3.18. The zero-order valence-electron chi connectivity index (χ0n) is 12.2. The lowest BCUT2D eigenvalue weighted by Gasteiger charge is -2.17. The first-order chi connectivity index (χ1) is 9.60. The standard InChI is InChI=1S/C15H22FNO3/c1-4-20-14(18)9-6-10-17-11(2)15-12(16)7-5-8-13(15)19-3/h5,7-8,11,17H,4,6,9-10H2,1-3H3. The summed E-state index contributed by atoms with van der Waals surface area (Å²) in [6, 6.07) is 4.57. The molecule has 0 amide bonds. The molecular weight excluding hydrogens is 261 g/mol. The summed E-state index contributed by atoms with van der Waals surface area (Å²) in [6.45, 7) is 4.65. The van der Waals surface area contributed by atoms with Gasteiger partial charge in [0.1, 0.15) is 11.6 Å². The van der Waals surface area contributed by atoms with Crippen molar-refractivity contribution in [3.63, 3.8) is 0 Å². The van der Waals surface area contributed by atoms with E-state index in [2.05, 4.69) is 5.32 Å². The fraction of sp³-hybridized carbons (Fsp3) is 0.533. The highest BCUT2D eigenvalue weighted by molar-refractivity contribution is 5.69. The van der Waals surface area contributed by atoms with E-state index in [0.717, 1.165) is 0 Å². The van der Waals surface area contributed by atoms with Gasteiger partial charge in [0, 0.05) is 18.0 Å². The first kappa shape index (κ1) is 16.4. The molecule has 0 aromatic heterocycles. The molecule has 1 unspecified atom stereocenters. The minimum atomic E-state index is -0.297. The minimum Gasteiger partial charge on any atom is -0.496 e. The van der Waals surface area contributed by atoms with E-state index < -0.39 is 0 Å². The van der Waals surface area contributed by atoms with E-state index >= 15 is 0 Å². The van der Waals surface area contributed by atoms with E-state index in [1.807, 2.05) is 6.92 Å². The average molecular weight is 283 g/mol. The molecule has 0 heterocycles. The Hall–Kier alpha value is -1.62. The molecule has 1 rings (SSSR count). The number of nitrogens with one attached hydrogen (secondary N) is 1. The van der Waals surface area contributed by atoms with Crippen molar-refractivity contribution in [1.29, 1.82) is 0 Å². The summed E-state index contributed by atoms with van der Waals surface area (Å²) in [5.74, 6) is 0.0237. The van der Waals surface area contributed by atoms with Crippen molar-refractivity contribution in [2.75, 3.05) is 20.3 Å². The van der Waals surface area contributed by atoms with Crippen molar-refractivity contribution in [3.05, 3.63) is 29.6 Å². The SMILES string of the molecule is CCOC(=O)CCCNC(C)c1c(F)cccc1OC. The van der Waals surface area contributed by atoms with E-state index in [0.29, 0.717) is 37.3 Å². The Morgan fingerprint density at radius 1 is 1.45 bits per heavy atom. The van der Waals surface area contributed by atoms with Crippen molar-refractivity contribution < 1.29 is 18.7 Å². The molecule has 0 fully saturated rings. The number of halogens is 1. The zero-order chi connectivity index (χ0) is 15.0. The molecule has 20 heavy (non-hydrogen) atoms. The molecule has 1 aromatic carbocycles.